The molecule has 0 aromatic carbocycles. The quantitative estimate of drug-likeness (QED) is 0.408. The van der Waals surface area contributed by atoms with Gasteiger partial charge in [-0.15, -0.1) is 0 Å². The molecule has 0 aromatic heterocycles. The second-order valence-electron chi connectivity index (χ2n) is 0.597. The molecule has 5 heavy (non-hydrogen) atoms. The summed E-state index contributed by atoms with van der Waals surface area (Å²) >= 11 is 4.84. The van der Waals surface area contributed by atoms with Crippen LogP contribution in [0.25, 0.3) is 0 Å². The van der Waals surface area contributed by atoms with Gasteiger partial charge in [-0.25, -0.2) is 0 Å². The highest BCUT2D eigenvalue weighted by atomic mass is 127. The van der Waals surface area contributed by atoms with E-state index in [1.807, 2.05) is 0 Å². The zero-order chi connectivity index (χ0) is 4.12. The molecule has 0 N–H and O–H groups in total. The molecule has 0 fully saturated rings. The van der Waals surface area contributed by atoms with Crippen molar-refractivity contribution >= 4 is 54.7 Å². The Hall–Kier alpha value is 1.68. The molecule has 0 aliphatic heterocycles. The van der Waals surface area contributed by atoms with Gasteiger partial charge in [0.15, 0.2) is 0 Å². The van der Waals surface area contributed by atoms with Crippen LogP contribution in [-0.2, 0) is 0 Å². The lowest BCUT2D eigenvalue weighted by atomic mass is 11.9. The monoisotopic (exact) mass is 311 g/mol. The molecular weight excluding hydrogens is 306 g/mol. The normalized spacial score (nSPS) is 8.40. The van der Waals surface area contributed by atoms with E-state index in [1.54, 1.807) is 0 Å². The van der Waals surface area contributed by atoms with Crippen LogP contribution in [0.4, 0.5) is 0 Å². The van der Waals surface area contributed by atoms with Crippen LogP contribution in [0.1, 0.15) is 0 Å². The smallest absolute Gasteiger partial charge is 0.0519 e. The molecule has 0 rings (SSSR count). The Morgan fingerprint density at radius 1 is 1.20 bits per heavy atom. The van der Waals surface area contributed by atoms with E-state index in [-0.39, 0.29) is 0 Å². The highest BCUT2D eigenvalue weighted by Crippen LogP contribution is 1.81. The molecular formula is C2H5I2Si. The van der Waals surface area contributed by atoms with Crippen molar-refractivity contribution in [2.75, 3.05) is 8.10 Å². The van der Waals surface area contributed by atoms with Gasteiger partial charge in [-0.1, -0.05) is 45.2 Å². The van der Waals surface area contributed by atoms with Crippen molar-refractivity contribution in [3.8, 4) is 0 Å². The summed E-state index contributed by atoms with van der Waals surface area (Å²) in [5.41, 5.74) is 0. The lowest BCUT2D eigenvalue weighted by molar-refractivity contribution is 2.12. The zero-order valence-corrected chi connectivity index (χ0v) is 8.22. The Balaban J connectivity index is 2.19. The van der Waals surface area contributed by atoms with Gasteiger partial charge in [-0.3, -0.25) is 0 Å². The summed E-state index contributed by atoms with van der Waals surface area (Å²) in [5, 5.41) is 0. The third-order valence-corrected chi connectivity index (χ3v) is 4.39. The summed E-state index contributed by atoms with van der Waals surface area (Å²) in [6, 6.07) is 0. The maximum atomic E-state index is 2.42. The summed E-state index contributed by atoms with van der Waals surface area (Å²) in [7, 11) is 0.788. The van der Waals surface area contributed by atoms with Crippen molar-refractivity contribution in [1.29, 1.82) is 0 Å². The summed E-state index contributed by atoms with van der Waals surface area (Å²) in [6.07, 6.45) is 0. The van der Waals surface area contributed by atoms with E-state index in [1.165, 1.54) is 8.10 Å². The van der Waals surface area contributed by atoms with Crippen molar-refractivity contribution in [2.24, 2.45) is 0 Å². The fourth-order valence-corrected chi connectivity index (χ4v) is 5.57. The third-order valence-electron chi connectivity index (χ3n) is 0.218. The van der Waals surface area contributed by atoms with Gasteiger partial charge >= 0.3 is 0 Å². The zero-order valence-electron chi connectivity index (χ0n) is 2.75. The van der Waals surface area contributed by atoms with Gasteiger partial charge in [0.05, 0.1) is 9.52 Å². The first-order valence-corrected chi connectivity index (χ1v) is 6.04. The van der Waals surface area contributed by atoms with Crippen LogP contribution in [0.15, 0.2) is 0 Å². The van der Waals surface area contributed by atoms with Crippen molar-refractivity contribution < 1.29 is 0 Å². The molecule has 0 spiro atoms. The van der Waals surface area contributed by atoms with Gasteiger partial charge in [-0.2, -0.15) is 0 Å². The Bertz CT molecular complexity index is 15.1. The highest BCUT2D eigenvalue weighted by Gasteiger charge is 1.73. The minimum absolute atomic E-state index is 0.788. The Kier molecular flexibility index (Phi) is 7.58. The van der Waals surface area contributed by atoms with Crippen LogP contribution >= 0.6 is 45.2 Å². The molecule has 1 radical (unpaired) electrons. The Morgan fingerprint density at radius 3 is 1.60 bits per heavy atom. The van der Waals surface area contributed by atoms with Gasteiger partial charge in [0.25, 0.3) is 0 Å². The summed E-state index contributed by atoms with van der Waals surface area (Å²) in [6.45, 7) is 0. The predicted octanol–water partition coefficient (Wildman–Crippen LogP) is 1.21. The van der Waals surface area contributed by atoms with Crippen molar-refractivity contribution in [2.45, 2.75) is 0 Å². The Labute approximate surface area is 62.2 Å². The van der Waals surface area contributed by atoms with E-state index in [4.69, 9.17) is 0 Å². The molecule has 0 bridgehead atoms. The average Bonchev–Trinajstić information content (AvgIpc) is 1.41. The van der Waals surface area contributed by atoms with E-state index in [2.05, 4.69) is 45.2 Å². The first-order chi connectivity index (χ1) is 2.41. The van der Waals surface area contributed by atoms with Gasteiger partial charge < -0.3 is 0 Å². The van der Waals surface area contributed by atoms with Crippen LogP contribution in [0.5, 0.6) is 0 Å². The second kappa shape index (κ2) is 5.68. The lowest BCUT2D eigenvalue weighted by Crippen LogP contribution is -1.89. The number of halogens is 2. The molecule has 0 nitrogen and oxygen atoms in total. The molecule has 0 aromatic rings. The summed E-state index contributed by atoms with van der Waals surface area (Å²) < 4.78 is 2.78. The van der Waals surface area contributed by atoms with Crippen molar-refractivity contribution in [1.82, 2.24) is 0 Å². The van der Waals surface area contributed by atoms with E-state index in [9.17, 15) is 0 Å². The van der Waals surface area contributed by atoms with Crippen molar-refractivity contribution in [3.05, 3.63) is 0 Å². The average molecular weight is 311 g/mol. The summed E-state index contributed by atoms with van der Waals surface area (Å²) in [4.78, 5) is 0. The maximum absolute atomic E-state index is 2.42. The standard InChI is InChI=1S/C2H5I2Si/c3-1-5-2-4/h5H,1-2H2. The van der Waals surface area contributed by atoms with Gasteiger partial charge in [0.2, 0.25) is 0 Å². The van der Waals surface area contributed by atoms with E-state index in [0.717, 1.165) is 9.52 Å². The first kappa shape index (κ1) is 6.68. The molecule has 0 saturated heterocycles. The lowest BCUT2D eigenvalue weighted by Gasteiger charge is -1.74. The molecule has 0 unspecified atom stereocenters. The summed E-state index contributed by atoms with van der Waals surface area (Å²) in [5.74, 6) is 0. The van der Waals surface area contributed by atoms with Crippen LogP contribution < -0.4 is 0 Å². The molecule has 0 aliphatic carbocycles. The first-order valence-electron chi connectivity index (χ1n) is 1.35. The fourth-order valence-electron chi connectivity index (χ4n) is 0.0412. The minimum atomic E-state index is 0.788. The fraction of sp³-hybridized carbons (Fsp3) is 1.00. The highest BCUT2D eigenvalue weighted by molar-refractivity contribution is 14.1. The molecule has 0 amide bonds. The van der Waals surface area contributed by atoms with Crippen LogP contribution in [0, 0.1) is 0 Å². The topological polar surface area (TPSA) is 0 Å². The number of rotatable bonds is 2. The molecule has 0 heterocycles. The van der Waals surface area contributed by atoms with Crippen LogP contribution in [0.2, 0.25) is 0 Å². The van der Waals surface area contributed by atoms with E-state index < -0.39 is 0 Å². The Morgan fingerprint density at radius 2 is 1.60 bits per heavy atom. The van der Waals surface area contributed by atoms with Crippen LogP contribution in [-0.4, -0.2) is 17.6 Å². The third kappa shape index (κ3) is 5.68. The molecule has 0 saturated carbocycles. The van der Waals surface area contributed by atoms with Gasteiger partial charge in [-0.05, 0) is 8.10 Å². The second-order valence-corrected chi connectivity index (χ2v) is 7.08. The molecule has 0 atom stereocenters. The SMILES string of the molecule is IC[SiH]CI. The molecule has 31 valence electrons. The molecule has 0 aliphatic rings. The van der Waals surface area contributed by atoms with Crippen molar-refractivity contribution in [3.63, 3.8) is 0 Å². The molecule has 3 heteroatoms. The van der Waals surface area contributed by atoms with E-state index >= 15 is 0 Å². The maximum Gasteiger partial charge on any atom is 0.0519 e. The van der Waals surface area contributed by atoms with Crippen LogP contribution in [0.3, 0.4) is 0 Å². The van der Waals surface area contributed by atoms with Gasteiger partial charge in [0, 0.05) is 0 Å². The number of hydrogen-bond acceptors (Lipinski definition) is 0. The number of alkyl halides is 2. The van der Waals surface area contributed by atoms with E-state index in [0.29, 0.717) is 0 Å². The predicted molar refractivity (Wildman–Crippen MR) is 44.9 cm³/mol. The van der Waals surface area contributed by atoms with Gasteiger partial charge in [0.1, 0.15) is 0 Å². The minimum Gasteiger partial charge on any atom is -0.0903 e. The number of hydrogen-bond donors (Lipinski definition) is 0. The largest absolute Gasteiger partial charge is 0.0903 e.